The van der Waals surface area contributed by atoms with Gasteiger partial charge in [0.1, 0.15) is 16.5 Å². The zero-order valence-corrected chi connectivity index (χ0v) is 24.5. The highest BCUT2D eigenvalue weighted by atomic mass is 32.1. The van der Waals surface area contributed by atoms with E-state index in [0.717, 1.165) is 34.2 Å². The number of benzene rings is 3. The van der Waals surface area contributed by atoms with Crippen LogP contribution in [0.3, 0.4) is 0 Å². The van der Waals surface area contributed by atoms with Crippen LogP contribution in [0.5, 0.6) is 17.2 Å². The molecule has 1 saturated heterocycles. The van der Waals surface area contributed by atoms with Crippen molar-refractivity contribution in [3.63, 3.8) is 0 Å². The molecular weight excluding hydrogens is 548 g/mol. The average Bonchev–Trinajstić information content (AvgIpc) is 3.44. The molecule has 6 rings (SSSR count). The summed E-state index contributed by atoms with van der Waals surface area (Å²) in [6, 6.07) is 18.5. The Balaban J connectivity index is 1.03. The average molecular weight is 583 g/mol. The van der Waals surface area contributed by atoms with Gasteiger partial charge in [-0.15, -0.1) is 11.3 Å². The third-order valence-electron chi connectivity index (χ3n) is 7.68. The van der Waals surface area contributed by atoms with E-state index in [-0.39, 0.29) is 11.8 Å². The fourth-order valence-corrected chi connectivity index (χ4v) is 6.21. The van der Waals surface area contributed by atoms with Gasteiger partial charge >= 0.3 is 0 Å². The number of carbonyl (C=O) groups is 2. The number of piperidine rings is 1. The number of carbonyl (C=O) groups excluding carboxylic acids is 2. The first-order valence-electron chi connectivity index (χ1n) is 14.5. The Morgan fingerprint density at radius 1 is 1.05 bits per heavy atom. The molecule has 0 atom stereocenters. The van der Waals surface area contributed by atoms with Crippen LogP contribution in [0, 0.1) is 6.92 Å². The normalized spacial score (nSPS) is 14.6. The zero-order chi connectivity index (χ0) is 28.9. The van der Waals surface area contributed by atoms with Crippen LogP contribution in [0.15, 0.2) is 66.9 Å². The number of ether oxygens (including phenoxy) is 2. The second kappa shape index (κ2) is 12.8. The molecule has 4 aromatic rings. The maximum atomic E-state index is 13.1. The molecule has 0 bridgehead atoms. The quantitative estimate of drug-likeness (QED) is 0.214. The Kier molecular flexibility index (Phi) is 8.48. The molecule has 0 spiro atoms. The van der Waals surface area contributed by atoms with Crippen LogP contribution in [0.4, 0.5) is 5.69 Å². The molecule has 42 heavy (non-hydrogen) atoms. The molecule has 0 aliphatic carbocycles. The lowest BCUT2D eigenvalue weighted by atomic mass is 10.0. The molecule has 2 aliphatic rings. The van der Waals surface area contributed by atoms with Gasteiger partial charge in [0.2, 0.25) is 0 Å². The van der Waals surface area contributed by atoms with E-state index in [1.54, 1.807) is 54.8 Å². The summed E-state index contributed by atoms with van der Waals surface area (Å²) in [4.78, 5) is 33.9. The Labute approximate surface area is 249 Å². The molecule has 2 amide bonds. The van der Waals surface area contributed by atoms with Crippen LogP contribution in [-0.2, 0) is 6.54 Å². The van der Waals surface area contributed by atoms with Crippen molar-refractivity contribution in [3.05, 3.63) is 88.4 Å². The van der Waals surface area contributed by atoms with Crippen molar-refractivity contribution in [2.75, 3.05) is 31.6 Å². The lowest BCUT2D eigenvalue weighted by Gasteiger charge is -2.26. The Hall–Kier alpha value is -4.21. The van der Waals surface area contributed by atoms with Crippen molar-refractivity contribution in [1.29, 1.82) is 0 Å². The number of para-hydroxylation sites is 1. The van der Waals surface area contributed by atoms with Gasteiger partial charge in [-0.1, -0.05) is 18.6 Å². The molecule has 3 aromatic carbocycles. The van der Waals surface area contributed by atoms with E-state index in [2.05, 4.69) is 20.5 Å². The van der Waals surface area contributed by atoms with Crippen LogP contribution in [0.25, 0.3) is 10.6 Å². The molecule has 8 nitrogen and oxygen atoms in total. The van der Waals surface area contributed by atoms with Crippen molar-refractivity contribution in [3.8, 4) is 27.8 Å². The van der Waals surface area contributed by atoms with Crippen LogP contribution in [0.2, 0.25) is 0 Å². The molecule has 1 fully saturated rings. The second-order valence-electron chi connectivity index (χ2n) is 10.6. The van der Waals surface area contributed by atoms with E-state index in [9.17, 15) is 9.59 Å². The van der Waals surface area contributed by atoms with Crippen molar-refractivity contribution in [1.82, 2.24) is 15.2 Å². The predicted octanol–water partition coefficient (Wildman–Crippen LogP) is 6.66. The number of hydrogen-bond acceptors (Lipinski definition) is 7. The van der Waals surface area contributed by atoms with Crippen molar-refractivity contribution < 1.29 is 19.1 Å². The summed E-state index contributed by atoms with van der Waals surface area (Å²) in [7, 11) is 0. The van der Waals surface area contributed by atoms with Crippen LogP contribution in [-0.4, -0.2) is 47.9 Å². The van der Waals surface area contributed by atoms with Gasteiger partial charge in [0.15, 0.2) is 5.75 Å². The van der Waals surface area contributed by atoms with Crippen molar-refractivity contribution in [2.45, 2.75) is 39.2 Å². The first-order chi connectivity index (χ1) is 20.5. The molecule has 216 valence electrons. The van der Waals surface area contributed by atoms with Crippen LogP contribution in [0.1, 0.15) is 56.8 Å². The zero-order valence-electron chi connectivity index (χ0n) is 23.7. The van der Waals surface area contributed by atoms with Gasteiger partial charge in [-0.3, -0.25) is 9.59 Å². The smallest absolute Gasteiger partial charge is 0.259 e. The molecule has 3 heterocycles. The van der Waals surface area contributed by atoms with E-state index in [1.165, 1.54) is 32.4 Å². The van der Waals surface area contributed by atoms with E-state index in [4.69, 9.17) is 9.47 Å². The molecule has 2 aliphatic heterocycles. The van der Waals surface area contributed by atoms with Gasteiger partial charge in [0.25, 0.3) is 11.8 Å². The Morgan fingerprint density at radius 3 is 2.69 bits per heavy atom. The number of rotatable bonds is 9. The topological polar surface area (TPSA) is 92.8 Å². The summed E-state index contributed by atoms with van der Waals surface area (Å²) < 4.78 is 11.9. The van der Waals surface area contributed by atoms with Crippen molar-refractivity contribution in [2.24, 2.45) is 0 Å². The monoisotopic (exact) mass is 582 g/mol. The van der Waals surface area contributed by atoms with Gasteiger partial charge in [0.05, 0.1) is 24.4 Å². The minimum Gasteiger partial charge on any atom is -0.494 e. The van der Waals surface area contributed by atoms with Gasteiger partial charge in [-0.25, -0.2) is 4.98 Å². The fourth-order valence-electron chi connectivity index (χ4n) is 5.36. The molecule has 0 unspecified atom stereocenters. The summed E-state index contributed by atoms with van der Waals surface area (Å²) in [5.41, 5.74) is 3.07. The number of anilines is 1. The van der Waals surface area contributed by atoms with Gasteiger partial charge in [-0.2, -0.15) is 0 Å². The van der Waals surface area contributed by atoms with Gasteiger partial charge in [0, 0.05) is 28.7 Å². The molecule has 0 radical (unpaired) electrons. The number of hydrogen-bond donors (Lipinski definition) is 2. The van der Waals surface area contributed by atoms with Crippen molar-refractivity contribution >= 4 is 28.8 Å². The second-order valence-corrected chi connectivity index (χ2v) is 11.7. The van der Waals surface area contributed by atoms with E-state index in [0.29, 0.717) is 47.0 Å². The summed E-state index contributed by atoms with van der Waals surface area (Å²) in [5.74, 6) is 1.35. The Morgan fingerprint density at radius 2 is 1.86 bits per heavy atom. The summed E-state index contributed by atoms with van der Waals surface area (Å²) in [5, 5.41) is 6.78. The third-order valence-corrected chi connectivity index (χ3v) is 8.72. The van der Waals surface area contributed by atoms with Gasteiger partial charge in [-0.05, 0) is 93.4 Å². The fraction of sp³-hybridized carbons (Fsp3) is 0.303. The first-order valence-corrected chi connectivity index (χ1v) is 15.3. The number of fused-ring (bicyclic) bond motifs is 2. The van der Waals surface area contributed by atoms with Crippen LogP contribution >= 0.6 is 11.3 Å². The summed E-state index contributed by atoms with van der Waals surface area (Å²) in [6.07, 6.45) is 6.81. The Bertz CT molecular complexity index is 1580. The highest BCUT2D eigenvalue weighted by Crippen LogP contribution is 2.38. The maximum absolute atomic E-state index is 13.1. The first kappa shape index (κ1) is 27.9. The largest absolute Gasteiger partial charge is 0.494 e. The summed E-state index contributed by atoms with van der Waals surface area (Å²) in [6.45, 7) is 6.40. The molecule has 9 heteroatoms. The van der Waals surface area contributed by atoms with E-state index in [1.807, 2.05) is 30.3 Å². The molecular formula is C33H34N4O4S. The number of nitrogens with one attached hydrogen (secondary N) is 2. The highest BCUT2D eigenvalue weighted by molar-refractivity contribution is 7.15. The minimum absolute atomic E-state index is 0.233. The number of nitrogens with zero attached hydrogens (tertiary/aromatic N) is 2. The molecule has 2 N–H and O–H groups in total. The standard InChI is InChI=1S/C33H34N4O4S/c1-22-26(14-15-29-30(22)36-32(39)27-8-3-4-9-28(27)41-29)31(38)34-20-25-21-35-33(42-25)23-10-12-24(13-11-23)40-19-7-18-37-16-5-2-6-17-37/h3-4,8-15,21H,2,5-7,16-20H2,1H3,(H,34,38)(H,36,39). The third kappa shape index (κ3) is 6.32. The summed E-state index contributed by atoms with van der Waals surface area (Å²) >= 11 is 1.54. The maximum Gasteiger partial charge on any atom is 0.259 e. The predicted molar refractivity (Wildman–Crippen MR) is 165 cm³/mol. The number of amides is 2. The number of thiazole rings is 1. The van der Waals surface area contributed by atoms with E-state index >= 15 is 0 Å². The van der Waals surface area contributed by atoms with Gasteiger partial charge < -0.3 is 25.0 Å². The number of likely N-dealkylation sites (tertiary alicyclic amines) is 1. The minimum atomic E-state index is -0.269. The van der Waals surface area contributed by atoms with E-state index < -0.39 is 0 Å². The SMILES string of the molecule is Cc1c(C(=O)NCc2cnc(-c3ccc(OCCCN4CCCCC4)cc3)s2)ccc2c1NC(=O)c1ccccc1O2. The number of aromatic nitrogens is 1. The lowest BCUT2D eigenvalue weighted by molar-refractivity contribution is 0.0949. The highest BCUT2D eigenvalue weighted by Gasteiger charge is 2.24. The molecule has 1 aromatic heterocycles. The van der Waals surface area contributed by atoms with Crippen LogP contribution < -0.4 is 20.1 Å². The molecule has 0 saturated carbocycles. The lowest BCUT2D eigenvalue weighted by Crippen LogP contribution is -2.31.